The smallest absolute Gasteiger partial charge is 0.308 e. The first-order chi connectivity index (χ1) is 10.6. The van der Waals surface area contributed by atoms with Crippen LogP contribution in [0.2, 0.25) is 0 Å². The minimum Gasteiger partial charge on any atom is -0.481 e. The monoisotopic (exact) mass is 301 g/mol. The molecule has 1 aliphatic heterocycles. The molecule has 0 saturated carbocycles. The molecule has 3 rings (SSSR count). The number of anilines is 1. The normalized spacial score (nSPS) is 18.2. The molecule has 0 aliphatic carbocycles. The predicted octanol–water partition coefficient (Wildman–Crippen LogP) is 2.58. The summed E-state index contributed by atoms with van der Waals surface area (Å²) in [6.07, 6.45) is 3.12. The Morgan fingerprint density at radius 3 is 3.00 bits per heavy atom. The fourth-order valence-corrected chi connectivity index (χ4v) is 2.68. The fraction of sp³-hybridized carbons (Fsp3) is 0.312. The Labute approximate surface area is 127 Å². The highest BCUT2D eigenvalue weighted by atomic mass is 19.1. The van der Waals surface area contributed by atoms with Gasteiger partial charge in [0.25, 0.3) is 0 Å². The topological polar surface area (TPSA) is 66.3 Å². The van der Waals surface area contributed by atoms with E-state index >= 15 is 0 Å². The number of hydrogen-bond acceptors (Lipinski definition) is 4. The summed E-state index contributed by atoms with van der Waals surface area (Å²) in [4.78, 5) is 21.7. The molecule has 1 unspecified atom stereocenters. The molecule has 1 aromatic carbocycles. The summed E-state index contributed by atoms with van der Waals surface area (Å²) in [7, 11) is 0. The van der Waals surface area contributed by atoms with Gasteiger partial charge in [-0.25, -0.2) is 14.4 Å². The highest BCUT2D eigenvalue weighted by Gasteiger charge is 2.26. The lowest BCUT2D eigenvalue weighted by Gasteiger charge is -2.31. The van der Waals surface area contributed by atoms with Crippen LogP contribution in [0.25, 0.3) is 11.4 Å². The summed E-state index contributed by atoms with van der Waals surface area (Å²) in [6, 6.07) is 7.87. The van der Waals surface area contributed by atoms with Gasteiger partial charge in [-0.3, -0.25) is 4.79 Å². The zero-order chi connectivity index (χ0) is 15.5. The van der Waals surface area contributed by atoms with E-state index in [1.54, 1.807) is 24.4 Å². The van der Waals surface area contributed by atoms with Crippen molar-refractivity contribution >= 4 is 11.8 Å². The first-order valence-corrected chi connectivity index (χ1v) is 7.20. The Balaban J connectivity index is 1.86. The lowest BCUT2D eigenvalue weighted by molar-refractivity contribution is -0.141. The van der Waals surface area contributed by atoms with Gasteiger partial charge in [0.1, 0.15) is 11.6 Å². The maximum absolute atomic E-state index is 13.3. The largest absolute Gasteiger partial charge is 0.481 e. The molecule has 1 N–H and O–H groups in total. The van der Waals surface area contributed by atoms with Crippen molar-refractivity contribution in [2.24, 2.45) is 5.92 Å². The van der Waals surface area contributed by atoms with Crippen LogP contribution in [0, 0.1) is 11.7 Å². The van der Waals surface area contributed by atoms with Crippen molar-refractivity contribution in [2.75, 3.05) is 18.0 Å². The number of carbonyl (C=O) groups is 1. The summed E-state index contributed by atoms with van der Waals surface area (Å²) >= 11 is 0. The molecule has 0 bridgehead atoms. The molecule has 1 fully saturated rings. The van der Waals surface area contributed by atoms with E-state index in [1.165, 1.54) is 12.1 Å². The number of hydrogen-bond donors (Lipinski definition) is 1. The van der Waals surface area contributed by atoms with Crippen LogP contribution < -0.4 is 4.90 Å². The Morgan fingerprint density at radius 1 is 1.36 bits per heavy atom. The quantitative estimate of drug-likeness (QED) is 0.944. The molecule has 0 spiro atoms. The van der Waals surface area contributed by atoms with Gasteiger partial charge in [-0.2, -0.15) is 0 Å². The van der Waals surface area contributed by atoms with E-state index in [4.69, 9.17) is 5.11 Å². The highest BCUT2D eigenvalue weighted by Crippen LogP contribution is 2.24. The third kappa shape index (κ3) is 3.05. The molecule has 6 heteroatoms. The Morgan fingerprint density at radius 2 is 2.23 bits per heavy atom. The molecular weight excluding hydrogens is 285 g/mol. The molecule has 2 heterocycles. The second-order valence-corrected chi connectivity index (χ2v) is 5.37. The number of piperidine rings is 1. The number of rotatable bonds is 3. The molecule has 1 aromatic heterocycles. The SMILES string of the molecule is O=C(O)C1CCCN(c2ccnc(-c3cccc(F)c3)n2)C1. The third-order valence-electron chi connectivity index (χ3n) is 3.82. The molecule has 114 valence electrons. The van der Waals surface area contributed by atoms with Crippen LogP contribution in [0.5, 0.6) is 0 Å². The minimum atomic E-state index is -0.774. The van der Waals surface area contributed by atoms with Crippen LogP contribution in [0.15, 0.2) is 36.5 Å². The molecule has 2 aromatic rings. The van der Waals surface area contributed by atoms with E-state index in [2.05, 4.69) is 9.97 Å². The Bertz CT molecular complexity index is 693. The summed E-state index contributed by atoms with van der Waals surface area (Å²) in [5.74, 6) is -0.365. The summed E-state index contributed by atoms with van der Waals surface area (Å²) < 4.78 is 13.3. The standard InChI is InChI=1S/C16H16FN3O2/c17-13-5-1-3-11(9-13)15-18-7-6-14(19-15)20-8-2-4-12(10-20)16(21)22/h1,3,5-7,9,12H,2,4,8,10H2,(H,21,22). The van der Waals surface area contributed by atoms with Crippen molar-refractivity contribution in [1.82, 2.24) is 9.97 Å². The van der Waals surface area contributed by atoms with Crippen molar-refractivity contribution < 1.29 is 14.3 Å². The van der Waals surface area contributed by atoms with Gasteiger partial charge < -0.3 is 10.0 Å². The molecule has 0 radical (unpaired) electrons. The summed E-state index contributed by atoms with van der Waals surface area (Å²) in [6.45, 7) is 1.21. The maximum Gasteiger partial charge on any atom is 0.308 e. The van der Waals surface area contributed by atoms with E-state index < -0.39 is 5.97 Å². The van der Waals surface area contributed by atoms with Gasteiger partial charge in [-0.05, 0) is 31.0 Å². The number of benzene rings is 1. The molecule has 1 aliphatic rings. The average molecular weight is 301 g/mol. The number of carboxylic acid groups (broad SMARTS) is 1. The molecular formula is C16H16FN3O2. The van der Waals surface area contributed by atoms with Crippen LogP contribution in [0.3, 0.4) is 0 Å². The zero-order valence-electron chi connectivity index (χ0n) is 11.9. The number of nitrogens with zero attached hydrogens (tertiary/aromatic N) is 3. The first-order valence-electron chi connectivity index (χ1n) is 7.20. The van der Waals surface area contributed by atoms with Gasteiger partial charge in [0, 0.05) is 24.8 Å². The van der Waals surface area contributed by atoms with Gasteiger partial charge in [-0.15, -0.1) is 0 Å². The average Bonchev–Trinajstić information content (AvgIpc) is 2.55. The van der Waals surface area contributed by atoms with Crippen LogP contribution in [0.4, 0.5) is 10.2 Å². The van der Waals surface area contributed by atoms with Gasteiger partial charge in [0.05, 0.1) is 5.92 Å². The second-order valence-electron chi connectivity index (χ2n) is 5.37. The number of halogens is 1. The van der Waals surface area contributed by atoms with Crippen molar-refractivity contribution in [3.8, 4) is 11.4 Å². The lowest BCUT2D eigenvalue weighted by Crippen LogP contribution is -2.39. The van der Waals surface area contributed by atoms with Gasteiger partial charge in [0.15, 0.2) is 5.82 Å². The summed E-state index contributed by atoms with van der Waals surface area (Å²) in [5.41, 5.74) is 0.605. The molecule has 1 saturated heterocycles. The van der Waals surface area contributed by atoms with Crippen molar-refractivity contribution in [1.29, 1.82) is 0 Å². The second kappa shape index (κ2) is 6.09. The van der Waals surface area contributed by atoms with Crippen molar-refractivity contribution in [3.05, 3.63) is 42.3 Å². The maximum atomic E-state index is 13.3. The number of carboxylic acids is 1. The van der Waals surface area contributed by atoms with E-state index in [0.29, 0.717) is 30.2 Å². The zero-order valence-corrected chi connectivity index (χ0v) is 11.9. The van der Waals surface area contributed by atoms with Crippen LogP contribution in [-0.4, -0.2) is 34.1 Å². The fourth-order valence-electron chi connectivity index (χ4n) is 2.68. The van der Waals surface area contributed by atoms with Gasteiger partial charge in [0.2, 0.25) is 0 Å². The van der Waals surface area contributed by atoms with Crippen molar-refractivity contribution in [3.63, 3.8) is 0 Å². The van der Waals surface area contributed by atoms with Gasteiger partial charge >= 0.3 is 5.97 Å². The molecule has 5 nitrogen and oxygen atoms in total. The van der Waals surface area contributed by atoms with E-state index in [1.807, 2.05) is 4.90 Å². The lowest BCUT2D eigenvalue weighted by atomic mass is 9.98. The Hall–Kier alpha value is -2.50. The van der Waals surface area contributed by atoms with E-state index in [0.717, 1.165) is 13.0 Å². The minimum absolute atomic E-state index is 0.338. The van der Waals surface area contributed by atoms with Crippen molar-refractivity contribution in [2.45, 2.75) is 12.8 Å². The van der Waals surface area contributed by atoms with Crippen LogP contribution >= 0.6 is 0 Å². The molecule has 0 amide bonds. The molecule has 22 heavy (non-hydrogen) atoms. The van der Waals surface area contributed by atoms with Crippen LogP contribution in [-0.2, 0) is 4.79 Å². The van der Waals surface area contributed by atoms with Gasteiger partial charge in [-0.1, -0.05) is 12.1 Å². The van der Waals surface area contributed by atoms with Crippen LogP contribution in [0.1, 0.15) is 12.8 Å². The first kappa shape index (κ1) is 14.4. The Kier molecular flexibility index (Phi) is 4.00. The number of aliphatic carboxylic acids is 1. The molecule has 1 atom stereocenters. The highest BCUT2D eigenvalue weighted by molar-refractivity contribution is 5.71. The van der Waals surface area contributed by atoms with E-state index in [-0.39, 0.29) is 11.7 Å². The summed E-state index contributed by atoms with van der Waals surface area (Å²) in [5, 5.41) is 9.16. The van der Waals surface area contributed by atoms with E-state index in [9.17, 15) is 9.18 Å². The third-order valence-corrected chi connectivity index (χ3v) is 3.82. The predicted molar refractivity (Wildman–Crippen MR) is 80.0 cm³/mol. The number of aromatic nitrogens is 2.